The molecule has 0 spiro atoms. The molecular formula is C13H15Cl4O5PS. The molecule has 11 heteroatoms. The van der Waals surface area contributed by atoms with Gasteiger partial charge in [-0.3, -0.25) is 8.77 Å². The molecule has 1 aromatic carbocycles. The molecule has 2 rings (SSSR count). The molecule has 0 N–H and O–H groups in total. The van der Waals surface area contributed by atoms with Crippen LogP contribution in [-0.4, -0.2) is 29.5 Å². The second kappa shape index (κ2) is 8.01. The molecule has 1 aromatic rings. The Labute approximate surface area is 162 Å². The zero-order chi connectivity index (χ0) is 18.2. The van der Waals surface area contributed by atoms with Crippen molar-refractivity contribution in [2.24, 2.45) is 0 Å². The van der Waals surface area contributed by atoms with Gasteiger partial charge >= 0.3 is 7.60 Å². The van der Waals surface area contributed by atoms with Crippen LogP contribution in [0.5, 0.6) is 5.75 Å². The van der Waals surface area contributed by atoms with E-state index in [9.17, 15) is 8.77 Å². The minimum atomic E-state index is -3.75. The molecule has 0 saturated heterocycles. The number of fused-ring (bicyclic) bond motifs is 1. The third kappa shape index (κ3) is 3.49. The van der Waals surface area contributed by atoms with E-state index in [1.165, 1.54) is 6.26 Å². The first kappa shape index (κ1) is 20.8. The summed E-state index contributed by atoms with van der Waals surface area (Å²) in [6, 6.07) is 0. The number of hydrogen-bond donors (Lipinski definition) is 0. The van der Waals surface area contributed by atoms with E-state index in [0.717, 1.165) is 0 Å². The molecule has 1 aliphatic rings. The molecule has 0 amide bonds. The van der Waals surface area contributed by atoms with Crippen LogP contribution in [0, 0.1) is 0 Å². The van der Waals surface area contributed by atoms with Crippen molar-refractivity contribution < 1.29 is 22.6 Å². The lowest BCUT2D eigenvalue weighted by molar-refractivity contribution is 0.170. The molecule has 0 radical (unpaired) electrons. The van der Waals surface area contributed by atoms with Crippen LogP contribution in [0.2, 0.25) is 20.1 Å². The van der Waals surface area contributed by atoms with E-state index in [0.29, 0.717) is 5.56 Å². The van der Waals surface area contributed by atoms with Gasteiger partial charge in [0.05, 0.1) is 28.3 Å². The minimum Gasteiger partial charge on any atom is -0.474 e. The normalized spacial score (nSPS) is 21.5. The SMILES string of the molecule is CCOP(=O)(OCC)C1Oc2c(Cl)c(Cl)c(Cl)c(Cl)c2C1S(C)=O. The van der Waals surface area contributed by atoms with Crippen LogP contribution in [0.15, 0.2) is 0 Å². The lowest BCUT2D eigenvalue weighted by atomic mass is 10.1. The monoisotopic (exact) mass is 454 g/mol. The van der Waals surface area contributed by atoms with E-state index in [4.69, 9.17) is 60.2 Å². The standard InChI is InChI=1S/C13H15Cl4O5PS/c1-4-20-23(18,21-5-2)13-12(24(3)19)6-7(14)8(15)9(16)10(17)11(6)22-13/h12-13H,4-5H2,1-3H3. The van der Waals surface area contributed by atoms with Gasteiger partial charge in [-0.1, -0.05) is 46.4 Å². The Bertz CT molecular complexity index is 719. The van der Waals surface area contributed by atoms with Gasteiger partial charge in [0, 0.05) is 22.6 Å². The average molecular weight is 456 g/mol. The predicted molar refractivity (Wildman–Crippen MR) is 98.6 cm³/mol. The molecular weight excluding hydrogens is 441 g/mol. The van der Waals surface area contributed by atoms with Crippen molar-refractivity contribution in [2.75, 3.05) is 19.5 Å². The highest BCUT2D eigenvalue weighted by molar-refractivity contribution is 7.85. The van der Waals surface area contributed by atoms with E-state index in [1.807, 2.05) is 0 Å². The fraction of sp³-hybridized carbons (Fsp3) is 0.538. The van der Waals surface area contributed by atoms with Crippen LogP contribution < -0.4 is 4.74 Å². The smallest absolute Gasteiger partial charge is 0.372 e. The Kier molecular flexibility index (Phi) is 6.94. The molecule has 0 fully saturated rings. The van der Waals surface area contributed by atoms with Crippen LogP contribution in [0.3, 0.4) is 0 Å². The Morgan fingerprint density at radius 2 is 1.54 bits per heavy atom. The van der Waals surface area contributed by atoms with E-state index in [1.54, 1.807) is 13.8 Å². The van der Waals surface area contributed by atoms with Gasteiger partial charge in [-0.05, 0) is 13.8 Å². The van der Waals surface area contributed by atoms with Gasteiger partial charge in [0.25, 0.3) is 0 Å². The second-order valence-corrected chi connectivity index (χ2v) is 9.92. The van der Waals surface area contributed by atoms with Crippen LogP contribution >= 0.6 is 54.0 Å². The second-order valence-electron chi connectivity index (χ2n) is 4.80. The molecule has 0 bridgehead atoms. The molecule has 0 aliphatic carbocycles. The van der Waals surface area contributed by atoms with Crippen molar-refractivity contribution in [1.29, 1.82) is 0 Å². The largest absolute Gasteiger partial charge is 0.474 e. The first-order valence-corrected chi connectivity index (χ1v) is 11.7. The maximum Gasteiger partial charge on any atom is 0.372 e. The molecule has 1 aliphatic heterocycles. The summed E-state index contributed by atoms with van der Waals surface area (Å²) in [5.41, 5.74) is 0.293. The zero-order valence-corrected chi connectivity index (χ0v) is 17.7. The number of rotatable bonds is 6. The summed E-state index contributed by atoms with van der Waals surface area (Å²) >= 11 is 24.6. The summed E-state index contributed by atoms with van der Waals surface area (Å²) < 4.78 is 41.9. The van der Waals surface area contributed by atoms with E-state index < -0.39 is 29.5 Å². The van der Waals surface area contributed by atoms with Crippen molar-refractivity contribution in [3.8, 4) is 5.75 Å². The van der Waals surface area contributed by atoms with E-state index in [-0.39, 0.29) is 39.1 Å². The number of halogens is 4. The molecule has 0 saturated carbocycles. The van der Waals surface area contributed by atoms with Gasteiger partial charge in [-0.2, -0.15) is 0 Å². The molecule has 0 aromatic heterocycles. The molecule has 5 nitrogen and oxygen atoms in total. The van der Waals surface area contributed by atoms with Gasteiger partial charge in [-0.25, -0.2) is 0 Å². The van der Waals surface area contributed by atoms with Crippen molar-refractivity contribution in [1.82, 2.24) is 0 Å². The van der Waals surface area contributed by atoms with Crippen LogP contribution in [-0.2, 0) is 24.4 Å². The zero-order valence-electron chi connectivity index (χ0n) is 13.0. The van der Waals surface area contributed by atoms with Gasteiger partial charge in [0.1, 0.15) is 16.0 Å². The molecule has 24 heavy (non-hydrogen) atoms. The maximum absolute atomic E-state index is 13.1. The average Bonchev–Trinajstić information content (AvgIpc) is 2.93. The van der Waals surface area contributed by atoms with E-state index >= 15 is 0 Å². The maximum atomic E-state index is 13.1. The Morgan fingerprint density at radius 3 is 2.00 bits per heavy atom. The fourth-order valence-corrected chi connectivity index (χ4v) is 7.21. The highest BCUT2D eigenvalue weighted by Crippen LogP contribution is 2.65. The lowest BCUT2D eigenvalue weighted by Crippen LogP contribution is -2.24. The highest BCUT2D eigenvalue weighted by Gasteiger charge is 2.53. The van der Waals surface area contributed by atoms with Crippen molar-refractivity contribution in [2.45, 2.75) is 24.9 Å². The number of ether oxygens (including phenoxy) is 1. The van der Waals surface area contributed by atoms with Crippen LogP contribution in [0.4, 0.5) is 0 Å². The fourth-order valence-electron chi connectivity index (χ4n) is 2.43. The predicted octanol–water partition coefficient (Wildman–Crippen LogP) is 5.70. The molecule has 3 unspecified atom stereocenters. The summed E-state index contributed by atoms with van der Waals surface area (Å²) in [5, 5.41) is -0.791. The van der Waals surface area contributed by atoms with Crippen molar-refractivity contribution in [3.05, 3.63) is 25.7 Å². The van der Waals surface area contributed by atoms with Gasteiger partial charge in [0.15, 0.2) is 0 Å². The van der Waals surface area contributed by atoms with Gasteiger partial charge in [0.2, 0.25) is 5.85 Å². The van der Waals surface area contributed by atoms with Crippen LogP contribution in [0.1, 0.15) is 24.7 Å². The Morgan fingerprint density at radius 1 is 1.04 bits per heavy atom. The van der Waals surface area contributed by atoms with E-state index in [2.05, 4.69) is 0 Å². The summed E-state index contributed by atoms with van der Waals surface area (Å²) in [4.78, 5) is 0. The first-order chi connectivity index (χ1) is 11.2. The molecule has 136 valence electrons. The van der Waals surface area contributed by atoms with Gasteiger partial charge in [-0.15, -0.1) is 0 Å². The number of hydrogen-bond acceptors (Lipinski definition) is 5. The third-order valence-electron chi connectivity index (χ3n) is 3.33. The van der Waals surface area contributed by atoms with Gasteiger partial charge < -0.3 is 13.8 Å². The molecule has 3 atom stereocenters. The number of benzene rings is 1. The molecule has 1 heterocycles. The third-order valence-corrected chi connectivity index (χ3v) is 8.79. The van der Waals surface area contributed by atoms with Crippen LogP contribution in [0.25, 0.3) is 0 Å². The highest BCUT2D eigenvalue weighted by atomic mass is 35.5. The minimum absolute atomic E-state index is 0.00557. The first-order valence-electron chi connectivity index (χ1n) is 6.93. The Balaban J connectivity index is 2.67. The lowest BCUT2D eigenvalue weighted by Gasteiger charge is -2.25. The topological polar surface area (TPSA) is 61.8 Å². The summed E-state index contributed by atoms with van der Waals surface area (Å²) in [5.74, 6) is -1.07. The van der Waals surface area contributed by atoms with Crippen molar-refractivity contribution >= 4 is 64.8 Å². The quantitative estimate of drug-likeness (QED) is 0.312. The summed E-state index contributed by atoms with van der Waals surface area (Å²) in [6.07, 6.45) is 1.44. The van der Waals surface area contributed by atoms with Crippen molar-refractivity contribution in [3.63, 3.8) is 0 Å². The summed E-state index contributed by atoms with van der Waals surface area (Å²) in [6.45, 7) is 3.58. The Hall–Kier alpha value is 0.480. The summed E-state index contributed by atoms with van der Waals surface area (Å²) in [7, 11) is -5.27.